The molecule has 0 aromatic heterocycles. The van der Waals surface area contributed by atoms with Gasteiger partial charge in [-0.2, -0.15) is 0 Å². The summed E-state index contributed by atoms with van der Waals surface area (Å²) in [6.45, 7) is 8.49. The normalized spacial score (nSPS) is 45.2. The predicted molar refractivity (Wildman–Crippen MR) is 226 cm³/mol. The van der Waals surface area contributed by atoms with Crippen molar-refractivity contribution in [2.75, 3.05) is 13.2 Å². The average molecular weight is 822 g/mol. The molecule has 6 aliphatic carbocycles. The monoisotopic (exact) mass is 822 g/mol. The molecule has 11 nitrogen and oxygen atoms in total. The Morgan fingerprint density at radius 3 is 2.51 bits per heavy atom. The molecule has 17 atom stereocenters. The largest absolute Gasteiger partial charge is 0.392 e. The van der Waals surface area contributed by atoms with E-state index in [0.717, 1.165) is 44.1 Å². The van der Waals surface area contributed by atoms with Gasteiger partial charge in [-0.3, -0.25) is 4.79 Å². The molecular weight excluding hydrogens is 747 g/mol. The van der Waals surface area contributed by atoms with Crippen LogP contribution in [0.25, 0.3) is 0 Å². The van der Waals surface area contributed by atoms with Crippen molar-refractivity contribution in [1.29, 1.82) is 0 Å². The topological polar surface area (TPSA) is 198 Å². The van der Waals surface area contributed by atoms with Crippen LogP contribution in [0.1, 0.15) is 124 Å². The molecule has 10 N–H and O–H groups in total. The fourth-order valence-electron chi connectivity index (χ4n) is 14.8. The van der Waals surface area contributed by atoms with Gasteiger partial charge in [0.05, 0.1) is 54.1 Å². The number of Topliss-reactive ketones (excluding diaryl/α,β-unsaturated/α-hetero) is 1. The summed E-state index contributed by atoms with van der Waals surface area (Å²) in [4.78, 5) is 15.4. The summed E-state index contributed by atoms with van der Waals surface area (Å²) in [7, 11) is 0. The van der Waals surface area contributed by atoms with Gasteiger partial charge in [-0.15, -0.1) is 0 Å². The Kier molecular flexibility index (Phi) is 12.2. The average Bonchev–Trinajstić information content (AvgIpc) is 3.92. The fourth-order valence-corrected chi connectivity index (χ4v) is 14.8. The van der Waals surface area contributed by atoms with Crippen LogP contribution in [-0.2, 0) is 9.53 Å². The molecule has 0 aromatic rings. The summed E-state index contributed by atoms with van der Waals surface area (Å²) >= 11 is 0. The van der Waals surface area contributed by atoms with Crippen LogP contribution in [0.15, 0.2) is 47.3 Å². The number of rotatable bonds is 13. The van der Waals surface area contributed by atoms with E-state index >= 15 is 4.79 Å². The van der Waals surface area contributed by atoms with Gasteiger partial charge in [0.25, 0.3) is 0 Å². The van der Waals surface area contributed by atoms with E-state index in [4.69, 9.17) is 10.5 Å². The number of hydrogen-bond donors (Lipinski definition) is 9. The summed E-state index contributed by atoms with van der Waals surface area (Å²) < 4.78 is 6.43. The number of fused-ring (bicyclic) bond motifs is 2. The zero-order valence-corrected chi connectivity index (χ0v) is 36.1. The SMILES string of the molecule is CCCCCCC1COC(C(O)C(C)(O)C2CCC3(O)C4=C(NCC(C)O)C(=O)C5CC(O)C(O)CC56CC(C5=CNC(N)C=C5)C=CC(CC23C2CCCC2)C46)C1C. The number of ketones is 1. The third kappa shape index (κ3) is 7.04. The van der Waals surface area contributed by atoms with E-state index in [9.17, 15) is 30.6 Å². The molecule has 0 amide bonds. The van der Waals surface area contributed by atoms with Gasteiger partial charge in [-0.25, -0.2) is 0 Å². The zero-order chi connectivity index (χ0) is 42.1. The van der Waals surface area contributed by atoms with E-state index in [-0.39, 0.29) is 60.9 Å². The van der Waals surface area contributed by atoms with Crippen LogP contribution in [0.5, 0.6) is 0 Å². The van der Waals surface area contributed by atoms with Crippen molar-refractivity contribution >= 4 is 5.78 Å². The molecule has 1 saturated heterocycles. The molecule has 2 heterocycles. The first kappa shape index (κ1) is 43.6. The number of nitrogens with two attached hydrogens (primary N) is 1. The lowest BCUT2D eigenvalue weighted by molar-refractivity contribution is -0.220. The molecule has 330 valence electrons. The predicted octanol–water partition coefficient (Wildman–Crippen LogP) is 4.50. The highest BCUT2D eigenvalue weighted by molar-refractivity contribution is 6.00. The van der Waals surface area contributed by atoms with E-state index in [2.05, 4.69) is 36.6 Å². The first-order valence-corrected chi connectivity index (χ1v) is 23.5. The molecule has 59 heavy (non-hydrogen) atoms. The smallest absolute Gasteiger partial charge is 0.182 e. The fraction of sp³-hybridized carbons (Fsp3) is 0.812. The Balaban J connectivity index is 1.27. The standard InChI is InChI=1S/C48H75N3O8/c1-5-6-7-8-11-32-26-59-43(28(32)3)44(56)45(4,57)37-18-19-48(58)40-39-30(22-47(37,48)33-12-9-10-13-33)15-14-29(31-16-17-38(49)50-25-31)21-46(39)23-36(54)35(53)20-34(46)42(55)41(40)51-24-27(2)52/h14-17,25,27-30,32-39,43-44,50-54,56-58H,5-13,18-24,26,49H2,1-4H3. The van der Waals surface area contributed by atoms with Gasteiger partial charge < -0.3 is 51.7 Å². The Morgan fingerprint density at radius 2 is 1.81 bits per heavy atom. The number of carbonyl (C=O) groups is 1. The molecule has 11 heteroatoms. The Morgan fingerprint density at radius 1 is 1.05 bits per heavy atom. The summed E-state index contributed by atoms with van der Waals surface area (Å²) in [6.07, 6.45) is 17.2. The quantitative estimate of drug-likeness (QED) is 0.0937. The van der Waals surface area contributed by atoms with Crippen molar-refractivity contribution < 1.29 is 40.2 Å². The van der Waals surface area contributed by atoms with Crippen LogP contribution < -0.4 is 16.4 Å². The van der Waals surface area contributed by atoms with Gasteiger partial charge in [0.1, 0.15) is 6.10 Å². The Bertz CT molecular complexity index is 1690. The number of allylic oxidation sites excluding steroid dienone is 5. The van der Waals surface area contributed by atoms with Gasteiger partial charge in [0.2, 0.25) is 0 Å². The second-order valence-corrected chi connectivity index (χ2v) is 20.9. The highest BCUT2D eigenvalue weighted by atomic mass is 16.5. The molecule has 5 fully saturated rings. The number of carbonyl (C=O) groups excluding carboxylic acids is 1. The van der Waals surface area contributed by atoms with E-state index in [1.807, 2.05) is 18.4 Å². The van der Waals surface area contributed by atoms with Crippen molar-refractivity contribution in [3.05, 3.63) is 47.3 Å². The first-order valence-electron chi connectivity index (χ1n) is 23.5. The molecule has 0 bridgehead atoms. The third-order valence-electron chi connectivity index (χ3n) is 17.6. The van der Waals surface area contributed by atoms with E-state index in [1.165, 1.54) is 19.3 Å². The van der Waals surface area contributed by atoms with Crippen LogP contribution in [0.4, 0.5) is 0 Å². The Hall–Kier alpha value is -2.09. The van der Waals surface area contributed by atoms with Gasteiger partial charge >= 0.3 is 0 Å². The lowest BCUT2D eigenvalue weighted by Crippen LogP contribution is -2.69. The number of hydrogen-bond acceptors (Lipinski definition) is 11. The van der Waals surface area contributed by atoms with Crippen LogP contribution in [0.3, 0.4) is 0 Å². The molecule has 8 aliphatic rings. The first-order chi connectivity index (χ1) is 28.1. The minimum Gasteiger partial charge on any atom is -0.392 e. The highest BCUT2D eigenvalue weighted by Gasteiger charge is 2.76. The molecule has 4 saturated carbocycles. The number of dihydropyridines is 1. The maximum atomic E-state index is 15.4. The molecule has 8 rings (SSSR count). The van der Waals surface area contributed by atoms with Gasteiger partial charge in [-0.05, 0) is 130 Å². The molecule has 1 spiro atoms. The van der Waals surface area contributed by atoms with E-state index < -0.39 is 64.4 Å². The molecule has 0 aromatic carbocycles. The van der Waals surface area contributed by atoms with Gasteiger partial charge in [-0.1, -0.05) is 70.6 Å². The van der Waals surface area contributed by atoms with Crippen LogP contribution in [-0.4, -0.2) is 97.5 Å². The van der Waals surface area contributed by atoms with Crippen LogP contribution in [0, 0.1) is 58.2 Å². The molecule has 2 aliphatic heterocycles. The lowest BCUT2D eigenvalue weighted by atomic mass is 9.39. The maximum absolute atomic E-state index is 15.4. The second kappa shape index (κ2) is 16.6. The van der Waals surface area contributed by atoms with Crippen molar-refractivity contribution in [2.24, 2.45) is 63.9 Å². The van der Waals surface area contributed by atoms with E-state index in [1.54, 1.807) is 13.8 Å². The van der Waals surface area contributed by atoms with Crippen LogP contribution in [0.2, 0.25) is 0 Å². The van der Waals surface area contributed by atoms with Crippen molar-refractivity contribution in [1.82, 2.24) is 10.6 Å². The summed E-state index contributed by atoms with van der Waals surface area (Å²) in [6, 6.07) is 0. The van der Waals surface area contributed by atoms with Crippen molar-refractivity contribution in [3.8, 4) is 0 Å². The third-order valence-corrected chi connectivity index (χ3v) is 17.6. The van der Waals surface area contributed by atoms with Gasteiger partial charge in [0.15, 0.2) is 5.78 Å². The molecule has 0 radical (unpaired) electrons. The number of aliphatic hydroxyl groups is 6. The number of nitrogens with one attached hydrogen (secondary N) is 2. The summed E-state index contributed by atoms with van der Waals surface area (Å²) in [5.74, 6) is -1.57. The molecular formula is C48H75N3O8. The minimum atomic E-state index is -1.62. The van der Waals surface area contributed by atoms with E-state index in [0.29, 0.717) is 49.5 Å². The lowest BCUT2D eigenvalue weighted by Gasteiger charge is -2.66. The number of unbranched alkanes of at least 4 members (excludes halogenated alkanes) is 3. The van der Waals surface area contributed by atoms with Gasteiger partial charge in [0, 0.05) is 30.0 Å². The second-order valence-electron chi connectivity index (χ2n) is 20.9. The number of ether oxygens (including phenoxy) is 1. The van der Waals surface area contributed by atoms with Crippen LogP contribution >= 0.6 is 0 Å². The zero-order valence-electron chi connectivity index (χ0n) is 36.1. The maximum Gasteiger partial charge on any atom is 0.182 e. The highest BCUT2D eigenvalue weighted by Crippen LogP contribution is 2.75. The summed E-state index contributed by atoms with van der Waals surface area (Å²) in [5, 5.41) is 80.0. The number of aliphatic hydroxyl groups excluding tert-OH is 4. The minimum absolute atomic E-state index is 0.0306. The molecule has 17 unspecified atom stereocenters. The Labute approximate surface area is 352 Å². The summed E-state index contributed by atoms with van der Waals surface area (Å²) in [5.41, 5.74) is 3.36. The van der Waals surface area contributed by atoms with Crippen molar-refractivity contribution in [3.63, 3.8) is 0 Å². The van der Waals surface area contributed by atoms with Crippen molar-refractivity contribution in [2.45, 2.75) is 172 Å².